The average molecular weight is 548 g/mol. The molecule has 0 bridgehead atoms. The summed E-state index contributed by atoms with van der Waals surface area (Å²) < 4.78 is 105. The van der Waals surface area contributed by atoms with E-state index in [0.717, 1.165) is 53.2 Å². The summed E-state index contributed by atoms with van der Waals surface area (Å²) in [4.78, 5) is 16.2. The van der Waals surface area contributed by atoms with Gasteiger partial charge in [-0.25, -0.2) is 22.6 Å². The van der Waals surface area contributed by atoms with Gasteiger partial charge in [0.25, 0.3) is 0 Å². The zero-order chi connectivity index (χ0) is 26.5. The van der Waals surface area contributed by atoms with E-state index in [-0.39, 0.29) is 21.7 Å². The lowest BCUT2D eigenvalue weighted by Crippen LogP contribution is -2.23. The molecule has 15 heteroatoms. The molecule has 0 spiro atoms. The summed E-state index contributed by atoms with van der Waals surface area (Å²) in [6.07, 6.45) is -2.49. The van der Waals surface area contributed by atoms with Gasteiger partial charge in [0.1, 0.15) is 4.90 Å². The van der Waals surface area contributed by atoms with Crippen LogP contribution in [0.2, 0.25) is 0 Å². The second-order valence-corrected chi connectivity index (χ2v) is 10.7. The summed E-state index contributed by atoms with van der Waals surface area (Å²) >= 11 is -0.416. The molecule has 7 nitrogen and oxygen atoms in total. The largest absolute Gasteiger partial charge is 0.446 e. The number of nitrogens with zero attached hydrogens (tertiary/aromatic N) is 4. The molecule has 0 fully saturated rings. The molecular formula is C21H14F6N4O3S2. The molecule has 0 aliphatic heterocycles. The number of hydrogen-bond donors (Lipinski definition) is 0. The molecule has 0 N–H and O–H groups in total. The first kappa shape index (κ1) is 25.8. The van der Waals surface area contributed by atoms with Gasteiger partial charge in [-0.3, -0.25) is 0 Å². The van der Waals surface area contributed by atoms with Crippen LogP contribution in [-0.2, 0) is 16.0 Å². The number of pyridine rings is 2. The van der Waals surface area contributed by atoms with Gasteiger partial charge in [-0.15, -0.1) is 5.10 Å². The van der Waals surface area contributed by atoms with Crippen molar-refractivity contribution in [2.45, 2.75) is 28.4 Å². The van der Waals surface area contributed by atoms with Gasteiger partial charge in [-0.2, -0.15) is 31.0 Å². The molecule has 3 heterocycles. The molecule has 0 unspecified atom stereocenters. The standard InChI is InChI=1S/C21H14F6N4O3S2/c1-2-36(33,34)16-9-13(12-4-3-5-14(8-12)20(22,23)24)11-28-18(16)31-19(32)30-7-6-15(10-17(30)29-31)35-21(25,26)27/h3-11H,2H2,1H3. The van der Waals surface area contributed by atoms with E-state index in [0.29, 0.717) is 4.68 Å². The highest BCUT2D eigenvalue weighted by Gasteiger charge is 2.31. The van der Waals surface area contributed by atoms with Gasteiger partial charge in [-0.1, -0.05) is 19.1 Å². The number of thioether (sulfide) groups is 1. The maximum Gasteiger partial charge on any atom is 0.446 e. The van der Waals surface area contributed by atoms with Crippen molar-refractivity contribution in [3.05, 3.63) is 70.9 Å². The van der Waals surface area contributed by atoms with Gasteiger partial charge in [0.2, 0.25) is 0 Å². The Kier molecular flexibility index (Phi) is 6.41. The van der Waals surface area contributed by atoms with Crippen molar-refractivity contribution >= 4 is 27.2 Å². The predicted octanol–water partition coefficient (Wildman–Crippen LogP) is 4.97. The fourth-order valence-electron chi connectivity index (χ4n) is 3.30. The topological polar surface area (TPSA) is 86.3 Å². The Morgan fingerprint density at radius 1 is 1.00 bits per heavy atom. The Hall–Kier alpha value is -3.33. The van der Waals surface area contributed by atoms with Crippen molar-refractivity contribution in [2.24, 2.45) is 0 Å². The molecule has 0 atom stereocenters. The fourth-order valence-corrected chi connectivity index (χ4v) is 4.90. The maximum absolute atomic E-state index is 13.1. The van der Waals surface area contributed by atoms with Crippen LogP contribution in [0.3, 0.4) is 0 Å². The van der Waals surface area contributed by atoms with E-state index in [1.165, 1.54) is 13.0 Å². The molecule has 0 amide bonds. The first-order chi connectivity index (χ1) is 16.7. The Balaban J connectivity index is 1.89. The Morgan fingerprint density at radius 3 is 2.36 bits per heavy atom. The van der Waals surface area contributed by atoms with E-state index in [4.69, 9.17) is 0 Å². The summed E-state index contributed by atoms with van der Waals surface area (Å²) in [6, 6.07) is 7.31. The quantitative estimate of drug-likeness (QED) is 0.259. The van der Waals surface area contributed by atoms with Crippen molar-refractivity contribution < 1.29 is 34.8 Å². The van der Waals surface area contributed by atoms with Crippen LogP contribution >= 0.6 is 11.8 Å². The fraction of sp³-hybridized carbons (Fsp3) is 0.190. The molecule has 4 aromatic rings. The zero-order valence-electron chi connectivity index (χ0n) is 18.0. The molecule has 36 heavy (non-hydrogen) atoms. The first-order valence-corrected chi connectivity index (χ1v) is 12.4. The van der Waals surface area contributed by atoms with Crippen LogP contribution in [0.4, 0.5) is 26.3 Å². The zero-order valence-corrected chi connectivity index (χ0v) is 19.6. The van der Waals surface area contributed by atoms with Crippen molar-refractivity contribution in [3.63, 3.8) is 0 Å². The van der Waals surface area contributed by atoms with E-state index in [1.54, 1.807) is 0 Å². The van der Waals surface area contributed by atoms with E-state index < -0.39 is 61.0 Å². The Labute approximate surface area is 203 Å². The lowest BCUT2D eigenvalue weighted by Gasteiger charge is -2.12. The minimum atomic E-state index is -4.63. The maximum atomic E-state index is 13.1. The van der Waals surface area contributed by atoms with Crippen LogP contribution in [0.15, 0.2) is 69.4 Å². The third-order valence-corrected chi connectivity index (χ3v) is 7.45. The number of sulfone groups is 1. The summed E-state index contributed by atoms with van der Waals surface area (Å²) in [5.41, 5.74) is -6.55. The van der Waals surface area contributed by atoms with Gasteiger partial charge >= 0.3 is 17.4 Å². The first-order valence-electron chi connectivity index (χ1n) is 9.97. The number of hydrogen-bond acceptors (Lipinski definition) is 6. The average Bonchev–Trinajstić information content (AvgIpc) is 3.12. The van der Waals surface area contributed by atoms with Gasteiger partial charge in [0, 0.05) is 22.9 Å². The van der Waals surface area contributed by atoms with Crippen LogP contribution in [0.5, 0.6) is 0 Å². The second kappa shape index (κ2) is 8.96. The lowest BCUT2D eigenvalue weighted by molar-refractivity contribution is -0.137. The Bertz CT molecular complexity index is 1630. The van der Waals surface area contributed by atoms with Crippen LogP contribution < -0.4 is 5.69 Å². The minimum Gasteiger partial charge on any atom is -0.250 e. The molecule has 0 saturated heterocycles. The molecular weight excluding hydrogens is 534 g/mol. The number of halogens is 6. The van der Waals surface area contributed by atoms with Gasteiger partial charge < -0.3 is 0 Å². The van der Waals surface area contributed by atoms with E-state index in [2.05, 4.69) is 10.1 Å². The third-order valence-electron chi connectivity index (χ3n) is 5.00. The highest BCUT2D eigenvalue weighted by molar-refractivity contribution is 8.00. The van der Waals surface area contributed by atoms with Crippen LogP contribution in [0.25, 0.3) is 22.6 Å². The highest BCUT2D eigenvalue weighted by atomic mass is 32.2. The van der Waals surface area contributed by atoms with Crippen LogP contribution in [0, 0.1) is 0 Å². The monoisotopic (exact) mass is 548 g/mol. The molecule has 0 radical (unpaired) electrons. The summed E-state index contributed by atoms with van der Waals surface area (Å²) in [5, 5.41) is 3.94. The van der Waals surface area contributed by atoms with Crippen molar-refractivity contribution in [1.29, 1.82) is 0 Å². The van der Waals surface area contributed by atoms with Gasteiger partial charge in [0.15, 0.2) is 21.3 Å². The molecule has 1 aromatic carbocycles. The van der Waals surface area contributed by atoms with Crippen molar-refractivity contribution in [2.75, 3.05) is 5.75 Å². The summed E-state index contributed by atoms with van der Waals surface area (Å²) in [6.45, 7) is 1.32. The predicted molar refractivity (Wildman–Crippen MR) is 119 cm³/mol. The molecule has 3 aromatic heterocycles. The normalized spacial score (nSPS) is 12.9. The van der Waals surface area contributed by atoms with Gasteiger partial charge in [-0.05, 0) is 47.7 Å². The van der Waals surface area contributed by atoms with Crippen molar-refractivity contribution in [1.82, 2.24) is 19.2 Å². The van der Waals surface area contributed by atoms with Crippen LogP contribution in [-0.4, -0.2) is 38.8 Å². The second-order valence-electron chi connectivity index (χ2n) is 7.36. The SMILES string of the molecule is CCS(=O)(=O)c1cc(-c2cccc(C(F)(F)F)c2)cnc1-n1nc2cc(SC(F)(F)F)ccn2c1=O. The van der Waals surface area contributed by atoms with Crippen LogP contribution in [0.1, 0.15) is 12.5 Å². The van der Waals surface area contributed by atoms with E-state index >= 15 is 0 Å². The molecule has 0 aliphatic carbocycles. The highest BCUT2D eigenvalue weighted by Crippen LogP contribution is 2.37. The lowest BCUT2D eigenvalue weighted by atomic mass is 10.0. The smallest absolute Gasteiger partial charge is 0.250 e. The molecule has 190 valence electrons. The number of benzene rings is 1. The third kappa shape index (κ3) is 5.11. The van der Waals surface area contributed by atoms with E-state index in [9.17, 15) is 39.6 Å². The minimum absolute atomic E-state index is 0.0348. The van der Waals surface area contributed by atoms with Gasteiger partial charge in [0.05, 0.1) is 11.3 Å². The molecule has 4 rings (SSSR count). The molecule has 0 saturated carbocycles. The van der Waals surface area contributed by atoms with E-state index in [1.807, 2.05) is 0 Å². The number of aromatic nitrogens is 4. The number of fused-ring (bicyclic) bond motifs is 1. The Morgan fingerprint density at radius 2 is 1.72 bits per heavy atom. The summed E-state index contributed by atoms with van der Waals surface area (Å²) in [7, 11) is -4.08. The number of rotatable bonds is 5. The van der Waals surface area contributed by atoms with Crippen molar-refractivity contribution in [3.8, 4) is 16.9 Å². The number of alkyl halides is 6. The molecule has 0 aliphatic rings. The summed E-state index contributed by atoms with van der Waals surface area (Å²) in [5.74, 6) is -0.867.